The Labute approximate surface area is 76.3 Å². The number of esters is 1. The third-order valence-corrected chi connectivity index (χ3v) is 1.33. The largest absolute Gasteiger partial charge is 0.460 e. The van der Waals surface area contributed by atoms with Gasteiger partial charge in [-0.3, -0.25) is 0 Å². The van der Waals surface area contributed by atoms with Crippen LogP contribution in [0, 0.1) is 0 Å². The maximum Gasteiger partial charge on any atom is 0.330 e. The van der Waals surface area contributed by atoms with E-state index in [9.17, 15) is 4.79 Å². The summed E-state index contributed by atoms with van der Waals surface area (Å²) in [6.07, 6.45) is 0.160. The van der Waals surface area contributed by atoms with Crippen LogP contribution in [-0.2, 0) is 9.53 Å². The number of aliphatic hydroxyl groups is 3. The van der Waals surface area contributed by atoms with Crippen molar-refractivity contribution in [1.82, 2.24) is 0 Å². The number of rotatable bonds is 5. The summed E-state index contributed by atoms with van der Waals surface area (Å²) in [5, 5.41) is 26.3. The molecule has 0 fully saturated rings. The van der Waals surface area contributed by atoms with E-state index in [1.807, 2.05) is 0 Å². The lowest BCUT2D eigenvalue weighted by molar-refractivity contribution is -0.143. The predicted octanol–water partition coefficient (Wildman–Crippen LogP) is -1.18. The second-order valence-electron chi connectivity index (χ2n) is 2.45. The van der Waals surface area contributed by atoms with Crippen molar-refractivity contribution in [3.8, 4) is 0 Å². The Balaban J connectivity index is 3.69. The summed E-state index contributed by atoms with van der Waals surface area (Å²) in [5.41, 5.74) is 0. The van der Waals surface area contributed by atoms with E-state index in [0.717, 1.165) is 0 Å². The normalized spacial score (nSPS) is 15.7. The molecule has 2 atom stereocenters. The van der Waals surface area contributed by atoms with E-state index in [2.05, 4.69) is 4.74 Å². The van der Waals surface area contributed by atoms with E-state index in [-0.39, 0.29) is 6.61 Å². The molecule has 2 unspecified atom stereocenters. The lowest BCUT2D eigenvalue weighted by Gasteiger charge is -2.14. The van der Waals surface area contributed by atoms with Crippen molar-refractivity contribution in [3.63, 3.8) is 0 Å². The van der Waals surface area contributed by atoms with Crippen LogP contribution in [0.1, 0.15) is 6.92 Å². The zero-order valence-electron chi connectivity index (χ0n) is 7.38. The van der Waals surface area contributed by atoms with Gasteiger partial charge in [-0.25, -0.2) is 4.79 Å². The molecule has 0 spiro atoms. The molecular weight excluding hydrogens is 176 g/mol. The van der Waals surface area contributed by atoms with Crippen molar-refractivity contribution in [2.45, 2.75) is 19.1 Å². The first-order valence-corrected chi connectivity index (χ1v) is 3.88. The minimum Gasteiger partial charge on any atom is -0.460 e. The van der Waals surface area contributed by atoms with Gasteiger partial charge in [0.25, 0.3) is 0 Å². The van der Waals surface area contributed by atoms with Gasteiger partial charge in [0.2, 0.25) is 0 Å². The topological polar surface area (TPSA) is 87.0 Å². The third-order valence-electron chi connectivity index (χ3n) is 1.33. The SMILES string of the molecule is C/C=C\C(=O)OCC(O)C(O)CO. The molecule has 0 saturated heterocycles. The molecule has 0 aliphatic heterocycles. The quantitative estimate of drug-likeness (QED) is 0.375. The first kappa shape index (κ1) is 12.1. The van der Waals surface area contributed by atoms with Crippen LogP contribution in [0.2, 0.25) is 0 Å². The van der Waals surface area contributed by atoms with E-state index in [1.165, 1.54) is 12.2 Å². The lowest BCUT2D eigenvalue weighted by Crippen LogP contribution is -2.33. The molecule has 0 aliphatic rings. The van der Waals surface area contributed by atoms with Crippen LogP contribution in [-0.4, -0.2) is 46.7 Å². The Morgan fingerprint density at radius 3 is 2.54 bits per heavy atom. The number of hydrogen-bond acceptors (Lipinski definition) is 5. The molecule has 0 bridgehead atoms. The van der Waals surface area contributed by atoms with Crippen molar-refractivity contribution in [2.24, 2.45) is 0 Å². The molecule has 0 aliphatic carbocycles. The molecule has 0 heterocycles. The van der Waals surface area contributed by atoms with Crippen molar-refractivity contribution in [2.75, 3.05) is 13.2 Å². The summed E-state index contributed by atoms with van der Waals surface area (Å²) in [6, 6.07) is 0. The molecule has 0 aromatic heterocycles. The number of hydrogen-bond donors (Lipinski definition) is 3. The Kier molecular flexibility index (Phi) is 6.13. The standard InChI is InChI=1S/C8H14O5/c1-2-3-8(12)13-5-7(11)6(10)4-9/h2-3,6-7,9-11H,4-5H2,1H3/b3-2-. The van der Waals surface area contributed by atoms with Gasteiger partial charge in [-0.15, -0.1) is 0 Å². The lowest BCUT2D eigenvalue weighted by atomic mass is 10.2. The maximum atomic E-state index is 10.7. The van der Waals surface area contributed by atoms with Gasteiger partial charge in [0.05, 0.1) is 6.61 Å². The van der Waals surface area contributed by atoms with Crippen molar-refractivity contribution < 1.29 is 24.9 Å². The minimum atomic E-state index is -1.28. The Bertz CT molecular complexity index is 177. The van der Waals surface area contributed by atoms with Crippen LogP contribution >= 0.6 is 0 Å². The molecular formula is C8H14O5. The molecule has 0 aromatic rings. The maximum absolute atomic E-state index is 10.7. The zero-order chi connectivity index (χ0) is 10.3. The van der Waals surface area contributed by atoms with Crippen LogP contribution in [0.25, 0.3) is 0 Å². The zero-order valence-corrected chi connectivity index (χ0v) is 7.38. The van der Waals surface area contributed by atoms with Crippen LogP contribution in [0.3, 0.4) is 0 Å². The summed E-state index contributed by atoms with van der Waals surface area (Å²) in [4.78, 5) is 10.7. The number of aliphatic hydroxyl groups excluding tert-OH is 3. The molecule has 0 rings (SSSR count). The summed E-state index contributed by atoms with van der Waals surface area (Å²) in [5.74, 6) is -0.591. The van der Waals surface area contributed by atoms with Crippen molar-refractivity contribution >= 4 is 5.97 Å². The van der Waals surface area contributed by atoms with E-state index in [1.54, 1.807) is 6.92 Å². The Morgan fingerprint density at radius 2 is 2.08 bits per heavy atom. The summed E-state index contributed by atoms with van der Waals surface area (Å²) in [7, 11) is 0. The van der Waals surface area contributed by atoms with Crippen molar-refractivity contribution in [1.29, 1.82) is 0 Å². The number of carbonyl (C=O) groups is 1. The third kappa shape index (κ3) is 5.35. The smallest absolute Gasteiger partial charge is 0.330 e. The average molecular weight is 190 g/mol. The van der Waals surface area contributed by atoms with E-state index >= 15 is 0 Å². The highest BCUT2D eigenvalue weighted by atomic mass is 16.5. The fourth-order valence-corrected chi connectivity index (χ4v) is 0.584. The first-order valence-electron chi connectivity index (χ1n) is 3.88. The predicted molar refractivity (Wildman–Crippen MR) is 44.9 cm³/mol. The van der Waals surface area contributed by atoms with E-state index in [0.29, 0.717) is 0 Å². The molecule has 13 heavy (non-hydrogen) atoms. The number of carbonyl (C=O) groups excluding carboxylic acids is 1. The highest BCUT2D eigenvalue weighted by Gasteiger charge is 2.16. The number of allylic oxidation sites excluding steroid dienone is 1. The highest BCUT2D eigenvalue weighted by Crippen LogP contribution is 1.94. The molecule has 3 N–H and O–H groups in total. The summed E-state index contributed by atoms with van der Waals surface area (Å²) in [6.45, 7) is 0.757. The molecule has 5 nitrogen and oxygen atoms in total. The van der Waals surface area contributed by atoms with Gasteiger partial charge in [0.1, 0.15) is 18.8 Å². The molecule has 0 radical (unpaired) electrons. The van der Waals surface area contributed by atoms with Gasteiger partial charge in [0.15, 0.2) is 0 Å². The van der Waals surface area contributed by atoms with Crippen LogP contribution in [0.15, 0.2) is 12.2 Å². The second kappa shape index (κ2) is 6.59. The highest BCUT2D eigenvalue weighted by molar-refractivity contribution is 5.81. The van der Waals surface area contributed by atoms with Crippen LogP contribution in [0.4, 0.5) is 0 Å². The Hall–Kier alpha value is -0.910. The molecule has 0 aromatic carbocycles. The summed E-state index contributed by atoms with van der Waals surface area (Å²) < 4.78 is 4.52. The number of ether oxygens (including phenoxy) is 1. The van der Waals surface area contributed by atoms with Gasteiger partial charge >= 0.3 is 5.97 Å². The minimum absolute atomic E-state index is 0.328. The second-order valence-corrected chi connectivity index (χ2v) is 2.45. The molecule has 5 heteroatoms. The Morgan fingerprint density at radius 1 is 1.46 bits per heavy atom. The van der Waals surface area contributed by atoms with Crippen LogP contribution in [0.5, 0.6) is 0 Å². The van der Waals surface area contributed by atoms with Gasteiger partial charge in [-0.2, -0.15) is 0 Å². The summed E-state index contributed by atoms with van der Waals surface area (Å²) >= 11 is 0. The van der Waals surface area contributed by atoms with E-state index < -0.39 is 24.8 Å². The molecule has 76 valence electrons. The van der Waals surface area contributed by atoms with Crippen molar-refractivity contribution in [3.05, 3.63) is 12.2 Å². The van der Waals surface area contributed by atoms with Crippen LogP contribution < -0.4 is 0 Å². The van der Waals surface area contributed by atoms with E-state index in [4.69, 9.17) is 15.3 Å². The first-order chi connectivity index (χ1) is 6.11. The monoisotopic (exact) mass is 190 g/mol. The molecule has 0 saturated carbocycles. The van der Waals surface area contributed by atoms with Gasteiger partial charge in [0, 0.05) is 6.08 Å². The molecule has 0 amide bonds. The van der Waals surface area contributed by atoms with Gasteiger partial charge in [-0.05, 0) is 6.92 Å². The average Bonchev–Trinajstić information content (AvgIpc) is 2.13. The fraction of sp³-hybridized carbons (Fsp3) is 0.625. The van der Waals surface area contributed by atoms with Gasteiger partial charge < -0.3 is 20.1 Å². The fourth-order valence-electron chi connectivity index (χ4n) is 0.584. The van der Waals surface area contributed by atoms with Gasteiger partial charge in [-0.1, -0.05) is 6.08 Å².